The van der Waals surface area contributed by atoms with Crippen LogP contribution < -0.4 is 4.90 Å². The van der Waals surface area contributed by atoms with Crippen molar-refractivity contribution in [2.24, 2.45) is 0 Å². The first-order chi connectivity index (χ1) is 13.3. The molecule has 1 rings (SSSR count). The Bertz CT molecular complexity index is 691. The fourth-order valence-electron chi connectivity index (χ4n) is 2.14. The third-order valence-corrected chi connectivity index (χ3v) is 3.63. The highest BCUT2D eigenvalue weighted by atomic mass is 16.5. The number of carbonyl (C=O) groups is 3. The lowest BCUT2D eigenvalue weighted by molar-refractivity contribution is -0.139. The van der Waals surface area contributed by atoms with Crippen LogP contribution in [0.5, 0.6) is 0 Å². The van der Waals surface area contributed by atoms with E-state index in [9.17, 15) is 14.4 Å². The van der Waals surface area contributed by atoms with Gasteiger partial charge in [-0.05, 0) is 45.0 Å². The van der Waals surface area contributed by atoms with Gasteiger partial charge in [0.25, 0.3) is 0 Å². The van der Waals surface area contributed by atoms with Crippen LogP contribution in [0.4, 0.5) is 5.69 Å². The molecule has 0 aromatic heterocycles. The summed E-state index contributed by atoms with van der Waals surface area (Å²) in [5.41, 5.74) is 1.86. The summed E-state index contributed by atoms with van der Waals surface area (Å²) in [6.45, 7) is 13.3. The average molecular weight is 389 g/mol. The number of benzene rings is 1. The first-order valence-electron chi connectivity index (χ1n) is 8.93. The van der Waals surface area contributed by atoms with Crippen LogP contribution in [-0.2, 0) is 23.8 Å². The van der Waals surface area contributed by atoms with Gasteiger partial charge in [0.2, 0.25) is 0 Å². The molecule has 0 radical (unpaired) electrons. The topological polar surface area (TPSA) is 82.1 Å². The molecule has 0 spiro atoms. The van der Waals surface area contributed by atoms with Gasteiger partial charge in [-0.2, -0.15) is 0 Å². The van der Waals surface area contributed by atoms with Crippen molar-refractivity contribution in [2.75, 3.05) is 37.8 Å². The molecular weight excluding hydrogens is 362 g/mol. The largest absolute Gasteiger partial charge is 0.462 e. The lowest BCUT2D eigenvalue weighted by Crippen LogP contribution is -2.32. The molecule has 1 aromatic carbocycles. The van der Waals surface area contributed by atoms with E-state index < -0.39 is 17.9 Å². The summed E-state index contributed by atoms with van der Waals surface area (Å²) in [6, 6.07) is 6.82. The molecule has 0 fully saturated rings. The van der Waals surface area contributed by atoms with Gasteiger partial charge in [0, 0.05) is 16.8 Å². The maximum absolute atomic E-state index is 11.8. The van der Waals surface area contributed by atoms with E-state index in [4.69, 9.17) is 14.2 Å². The van der Waals surface area contributed by atoms with Crippen LogP contribution in [0.25, 0.3) is 0 Å². The number of nitrogens with zero attached hydrogens (tertiary/aromatic N) is 1. The first kappa shape index (κ1) is 23.0. The van der Waals surface area contributed by atoms with Crippen molar-refractivity contribution >= 4 is 23.6 Å². The molecule has 1 aromatic rings. The van der Waals surface area contributed by atoms with Gasteiger partial charge in [0.15, 0.2) is 0 Å². The fourth-order valence-corrected chi connectivity index (χ4v) is 2.14. The Balaban J connectivity index is 2.79. The molecule has 0 bridgehead atoms. The van der Waals surface area contributed by atoms with Gasteiger partial charge in [-0.1, -0.05) is 13.2 Å². The first-order valence-corrected chi connectivity index (χ1v) is 8.93. The molecular formula is C21H27NO6. The van der Waals surface area contributed by atoms with Gasteiger partial charge in [-0.3, -0.25) is 0 Å². The van der Waals surface area contributed by atoms with Gasteiger partial charge < -0.3 is 19.1 Å². The Kier molecular flexibility index (Phi) is 9.50. The van der Waals surface area contributed by atoms with Crippen LogP contribution >= 0.6 is 0 Å². The van der Waals surface area contributed by atoms with Crippen LogP contribution in [-0.4, -0.2) is 50.8 Å². The summed E-state index contributed by atoms with van der Waals surface area (Å²) >= 11 is 0. The molecule has 28 heavy (non-hydrogen) atoms. The predicted molar refractivity (Wildman–Crippen MR) is 106 cm³/mol. The van der Waals surface area contributed by atoms with Crippen molar-refractivity contribution < 1.29 is 28.6 Å². The molecule has 0 amide bonds. The van der Waals surface area contributed by atoms with E-state index in [0.29, 0.717) is 36.4 Å². The number of carbonyl (C=O) groups excluding carboxylic acids is 3. The van der Waals surface area contributed by atoms with Gasteiger partial charge >= 0.3 is 17.9 Å². The Morgan fingerprint density at radius 3 is 1.71 bits per heavy atom. The Morgan fingerprint density at radius 2 is 1.32 bits per heavy atom. The normalized spacial score (nSPS) is 9.96. The predicted octanol–water partition coefficient (Wildman–Crippen LogP) is 2.91. The molecule has 7 nitrogen and oxygen atoms in total. The zero-order chi connectivity index (χ0) is 21.1. The van der Waals surface area contributed by atoms with Crippen LogP contribution in [0.3, 0.4) is 0 Å². The van der Waals surface area contributed by atoms with Gasteiger partial charge in [-0.15, -0.1) is 0 Å². The summed E-state index contributed by atoms with van der Waals surface area (Å²) in [6.07, 6.45) is 0. The maximum Gasteiger partial charge on any atom is 0.338 e. The minimum absolute atomic E-state index is 0.139. The number of anilines is 1. The highest BCUT2D eigenvalue weighted by Gasteiger charge is 2.12. The second kappa shape index (κ2) is 11.6. The monoisotopic (exact) mass is 389 g/mol. The molecule has 0 heterocycles. The van der Waals surface area contributed by atoms with Gasteiger partial charge in [0.1, 0.15) is 13.2 Å². The highest BCUT2D eigenvalue weighted by Crippen LogP contribution is 2.16. The van der Waals surface area contributed by atoms with Crippen molar-refractivity contribution in [1.82, 2.24) is 0 Å². The number of ether oxygens (including phenoxy) is 3. The lowest BCUT2D eigenvalue weighted by atomic mass is 10.2. The molecule has 0 aliphatic heterocycles. The van der Waals surface area contributed by atoms with Crippen molar-refractivity contribution in [3.63, 3.8) is 0 Å². The third-order valence-electron chi connectivity index (χ3n) is 3.63. The molecule has 0 aliphatic carbocycles. The number of esters is 3. The Morgan fingerprint density at radius 1 is 0.857 bits per heavy atom. The molecule has 0 unspecified atom stereocenters. The molecule has 152 valence electrons. The minimum atomic E-state index is -0.466. The third kappa shape index (κ3) is 7.65. The SMILES string of the molecule is C=C(C)C(=O)OCCN(CCOC(=O)C(=C)C)c1ccc(C(=O)OCC)cc1. The summed E-state index contributed by atoms with van der Waals surface area (Å²) in [5, 5.41) is 0. The highest BCUT2D eigenvalue weighted by molar-refractivity contribution is 5.90. The van der Waals surface area contributed by atoms with E-state index in [1.165, 1.54) is 0 Å². The maximum atomic E-state index is 11.8. The smallest absolute Gasteiger partial charge is 0.338 e. The molecule has 7 heteroatoms. The molecule has 0 aliphatic rings. The quantitative estimate of drug-likeness (QED) is 0.327. The van der Waals surface area contributed by atoms with Crippen molar-refractivity contribution in [3.8, 4) is 0 Å². The number of hydrogen-bond acceptors (Lipinski definition) is 7. The average Bonchev–Trinajstić information content (AvgIpc) is 2.66. The lowest BCUT2D eigenvalue weighted by Gasteiger charge is -2.24. The summed E-state index contributed by atoms with van der Waals surface area (Å²) in [7, 11) is 0. The van der Waals surface area contributed by atoms with Crippen LogP contribution in [0.15, 0.2) is 48.6 Å². The zero-order valence-electron chi connectivity index (χ0n) is 16.7. The van der Waals surface area contributed by atoms with Crippen LogP contribution in [0, 0.1) is 0 Å². The molecule has 0 atom stereocenters. The second-order valence-electron chi connectivity index (χ2n) is 6.09. The molecule has 0 N–H and O–H groups in total. The van der Waals surface area contributed by atoms with Crippen molar-refractivity contribution in [1.29, 1.82) is 0 Å². The summed E-state index contributed by atoms with van der Waals surface area (Å²) in [4.78, 5) is 36.8. The van der Waals surface area contributed by atoms with E-state index >= 15 is 0 Å². The standard InChI is InChI=1S/C21H27NO6/c1-6-26-21(25)17-7-9-18(10-8-17)22(11-13-27-19(23)15(2)3)12-14-28-20(24)16(4)5/h7-10H,2,4,6,11-14H2,1,3,5H3. The number of rotatable bonds is 11. The van der Waals surface area contributed by atoms with Crippen molar-refractivity contribution in [2.45, 2.75) is 20.8 Å². The van der Waals surface area contributed by atoms with E-state index in [2.05, 4.69) is 13.2 Å². The second-order valence-corrected chi connectivity index (χ2v) is 6.09. The van der Waals surface area contributed by atoms with Crippen LogP contribution in [0.1, 0.15) is 31.1 Å². The molecule has 0 saturated heterocycles. The van der Waals surface area contributed by atoms with Gasteiger partial charge in [0.05, 0.1) is 25.3 Å². The summed E-state index contributed by atoms with van der Waals surface area (Å²) in [5.74, 6) is -1.33. The van der Waals surface area contributed by atoms with E-state index in [1.807, 2.05) is 4.90 Å². The Labute approximate surface area is 165 Å². The zero-order valence-corrected chi connectivity index (χ0v) is 16.7. The van der Waals surface area contributed by atoms with E-state index in [0.717, 1.165) is 5.69 Å². The Hall–Kier alpha value is -3.09. The minimum Gasteiger partial charge on any atom is -0.462 e. The number of hydrogen-bond donors (Lipinski definition) is 0. The summed E-state index contributed by atoms with van der Waals surface area (Å²) < 4.78 is 15.2. The van der Waals surface area contributed by atoms with E-state index in [1.54, 1.807) is 45.0 Å². The fraction of sp³-hybridized carbons (Fsp3) is 0.381. The van der Waals surface area contributed by atoms with Crippen LogP contribution in [0.2, 0.25) is 0 Å². The molecule has 0 saturated carbocycles. The van der Waals surface area contributed by atoms with E-state index in [-0.39, 0.29) is 13.2 Å². The van der Waals surface area contributed by atoms with Gasteiger partial charge in [-0.25, -0.2) is 14.4 Å². The van der Waals surface area contributed by atoms with Crippen molar-refractivity contribution in [3.05, 3.63) is 54.1 Å².